The fraction of sp³-hybridized carbons (Fsp3) is 0.0526. The van der Waals surface area contributed by atoms with Gasteiger partial charge >= 0.3 is 0 Å². The highest BCUT2D eigenvalue weighted by molar-refractivity contribution is 7.22. The topological polar surface area (TPSA) is 120 Å². The SMILES string of the molecule is O=C(Nc1nc2ccc([N+](=O)[O-])cc2s1)c1ccc(=O)n(Cc2ccccc2)n1. The van der Waals surface area contributed by atoms with Gasteiger partial charge in [0, 0.05) is 18.2 Å². The largest absolute Gasteiger partial charge is 0.296 e. The van der Waals surface area contributed by atoms with E-state index in [1.165, 1.54) is 35.0 Å². The molecule has 0 bridgehead atoms. The van der Waals surface area contributed by atoms with Crippen molar-refractivity contribution in [1.82, 2.24) is 14.8 Å². The molecule has 1 amide bonds. The second-order valence-corrected chi connectivity index (χ2v) is 7.11. The summed E-state index contributed by atoms with van der Waals surface area (Å²) in [7, 11) is 0. The van der Waals surface area contributed by atoms with Crippen LogP contribution < -0.4 is 10.9 Å². The maximum atomic E-state index is 12.6. The highest BCUT2D eigenvalue weighted by Crippen LogP contribution is 2.29. The summed E-state index contributed by atoms with van der Waals surface area (Å²) < 4.78 is 1.79. The molecule has 29 heavy (non-hydrogen) atoms. The molecular weight excluding hydrogens is 394 g/mol. The molecule has 0 aliphatic heterocycles. The predicted octanol–water partition coefficient (Wildman–Crippen LogP) is 3.06. The highest BCUT2D eigenvalue weighted by atomic mass is 32.1. The Bertz CT molecular complexity index is 1280. The number of benzene rings is 2. The van der Waals surface area contributed by atoms with Gasteiger partial charge in [-0.15, -0.1) is 0 Å². The van der Waals surface area contributed by atoms with Gasteiger partial charge in [-0.25, -0.2) is 9.67 Å². The van der Waals surface area contributed by atoms with Crippen molar-refractivity contribution < 1.29 is 9.72 Å². The standard InChI is InChI=1S/C19H13N5O4S/c25-17-9-8-15(22-23(17)11-12-4-2-1-3-5-12)18(26)21-19-20-14-7-6-13(24(27)28)10-16(14)29-19/h1-10H,11H2,(H,20,21,26). The molecule has 2 aromatic heterocycles. The van der Waals surface area contributed by atoms with Crippen LogP contribution >= 0.6 is 11.3 Å². The second-order valence-electron chi connectivity index (χ2n) is 6.08. The summed E-state index contributed by atoms with van der Waals surface area (Å²) in [6.07, 6.45) is 0. The number of hydrogen-bond donors (Lipinski definition) is 1. The molecule has 4 rings (SSSR count). The summed E-state index contributed by atoms with van der Waals surface area (Å²) in [6, 6.07) is 16.2. The summed E-state index contributed by atoms with van der Waals surface area (Å²) in [5, 5.41) is 17.9. The lowest BCUT2D eigenvalue weighted by Gasteiger charge is -2.07. The van der Waals surface area contributed by atoms with Crippen LogP contribution in [0.2, 0.25) is 0 Å². The third-order valence-electron chi connectivity index (χ3n) is 4.08. The Morgan fingerprint density at radius 1 is 1.14 bits per heavy atom. The zero-order valence-electron chi connectivity index (χ0n) is 14.8. The van der Waals surface area contributed by atoms with E-state index in [0.29, 0.717) is 10.2 Å². The van der Waals surface area contributed by atoms with Gasteiger partial charge in [0.2, 0.25) is 0 Å². The minimum atomic E-state index is -0.527. The quantitative estimate of drug-likeness (QED) is 0.401. The van der Waals surface area contributed by atoms with E-state index < -0.39 is 10.8 Å². The molecule has 0 radical (unpaired) electrons. The monoisotopic (exact) mass is 407 g/mol. The first-order valence-electron chi connectivity index (χ1n) is 8.48. The Hall–Kier alpha value is -3.92. The van der Waals surface area contributed by atoms with Crippen molar-refractivity contribution in [3.8, 4) is 0 Å². The van der Waals surface area contributed by atoms with Gasteiger partial charge in [-0.3, -0.25) is 25.0 Å². The summed E-state index contributed by atoms with van der Waals surface area (Å²) >= 11 is 1.12. The number of carbonyl (C=O) groups is 1. The Kier molecular flexibility index (Phi) is 4.83. The lowest BCUT2D eigenvalue weighted by Crippen LogP contribution is -2.26. The summed E-state index contributed by atoms with van der Waals surface area (Å²) in [6.45, 7) is 0.242. The summed E-state index contributed by atoms with van der Waals surface area (Å²) in [4.78, 5) is 39.3. The summed E-state index contributed by atoms with van der Waals surface area (Å²) in [5.74, 6) is -0.527. The van der Waals surface area contributed by atoms with Crippen molar-refractivity contribution >= 4 is 38.3 Å². The lowest BCUT2D eigenvalue weighted by molar-refractivity contribution is -0.384. The van der Waals surface area contributed by atoms with Crippen LogP contribution in [-0.2, 0) is 6.54 Å². The van der Waals surface area contributed by atoms with Crippen LogP contribution in [-0.4, -0.2) is 25.6 Å². The number of anilines is 1. The number of carbonyl (C=O) groups excluding carboxylic acids is 1. The number of rotatable bonds is 5. The molecule has 0 fully saturated rings. The number of non-ortho nitro benzene ring substituents is 1. The van der Waals surface area contributed by atoms with Crippen LogP contribution in [0.5, 0.6) is 0 Å². The van der Waals surface area contributed by atoms with Crippen molar-refractivity contribution in [3.63, 3.8) is 0 Å². The van der Waals surface area contributed by atoms with Crippen LogP contribution in [0, 0.1) is 10.1 Å². The summed E-state index contributed by atoms with van der Waals surface area (Å²) in [5.41, 5.74) is 1.11. The first kappa shape index (κ1) is 18.4. The third kappa shape index (κ3) is 4.01. The predicted molar refractivity (Wildman–Crippen MR) is 108 cm³/mol. The highest BCUT2D eigenvalue weighted by Gasteiger charge is 2.15. The molecule has 0 saturated heterocycles. The van der Waals surface area contributed by atoms with E-state index >= 15 is 0 Å². The van der Waals surface area contributed by atoms with E-state index in [-0.39, 0.29) is 28.6 Å². The van der Waals surface area contributed by atoms with Crippen LogP contribution in [0.1, 0.15) is 16.1 Å². The van der Waals surface area contributed by atoms with Crippen molar-refractivity contribution in [3.05, 3.63) is 92.4 Å². The fourth-order valence-electron chi connectivity index (χ4n) is 2.68. The Balaban J connectivity index is 1.57. The Morgan fingerprint density at radius 3 is 2.69 bits per heavy atom. The second kappa shape index (κ2) is 7.60. The smallest absolute Gasteiger partial charge is 0.277 e. The van der Waals surface area contributed by atoms with Crippen LogP contribution in [0.3, 0.4) is 0 Å². The number of amides is 1. The van der Waals surface area contributed by atoms with Gasteiger partial charge in [0.1, 0.15) is 5.69 Å². The molecule has 9 nitrogen and oxygen atoms in total. The fourth-order valence-corrected chi connectivity index (χ4v) is 3.58. The number of nitro groups is 1. The van der Waals surface area contributed by atoms with Crippen LogP contribution in [0.4, 0.5) is 10.8 Å². The number of hydrogen-bond acceptors (Lipinski definition) is 7. The molecular formula is C19H13N5O4S. The van der Waals surface area contributed by atoms with Gasteiger partial charge in [0.05, 0.1) is 21.7 Å². The van der Waals surface area contributed by atoms with Gasteiger partial charge in [-0.1, -0.05) is 41.7 Å². The van der Waals surface area contributed by atoms with E-state index in [0.717, 1.165) is 16.9 Å². The number of fused-ring (bicyclic) bond motifs is 1. The molecule has 0 aliphatic rings. The normalized spacial score (nSPS) is 10.8. The van der Waals surface area contributed by atoms with E-state index in [1.807, 2.05) is 30.3 Å². The molecule has 0 spiro atoms. The van der Waals surface area contributed by atoms with Gasteiger partial charge in [0.25, 0.3) is 17.2 Å². The molecule has 0 unspecified atom stereocenters. The van der Waals surface area contributed by atoms with Gasteiger partial charge in [-0.05, 0) is 17.7 Å². The Morgan fingerprint density at radius 2 is 1.93 bits per heavy atom. The molecule has 1 N–H and O–H groups in total. The van der Waals surface area contributed by atoms with Crippen molar-refractivity contribution in [2.75, 3.05) is 5.32 Å². The molecule has 144 valence electrons. The van der Waals surface area contributed by atoms with E-state index in [2.05, 4.69) is 15.4 Å². The van der Waals surface area contributed by atoms with E-state index in [4.69, 9.17) is 0 Å². The van der Waals surface area contributed by atoms with Crippen LogP contribution in [0.15, 0.2) is 65.5 Å². The number of aromatic nitrogens is 3. The molecule has 2 heterocycles. The molecule has 0 aliphatic carbocycles. The first-order valence-corrected chi connectivity index (χ1v) is 9.30. The van der Waals surface area contributed by atoms with E-state index in [9.17, 15) is 19.7 Å². The van der Waals surface area contributed by atoms with Gasteiger partial charge in [0.15, 0.2) is 5.13 Å². The van der Waals surface area contributed by atoms with Gasteiger partial charge in [-0.2, -0.15) is 5.10 Å². The minimum absolute atomic E-state index is 0.0475. The van der Waals surface area contributed by atoms with Crippen molar-refractivity contribution in [1.29, 1.82) is 0 Å². The third-order valence-corrected chi connectivity index (χ3v) is 5.01. The number of thiazole rings is 1. The number of nitrogens with zero attached hydrogens (tertiary/aromatic N) is 4. The number of nitrogens with one attached hydrogen (secondary N) is 1. The maximum absolute atomic E-state index is 12.6. The molecule has 0 atom stereocenters. The molecule has 4 aromatic rings. The Labute approximate surface area is 167 Å². The zero-order chi connectivity index (χ0) is 20.4. The minimum Gasteiger partial charge on any atom is -0.296 e. The van der Waals surface area contributed by atoms with Crippen LogP contribution in [0.25, 0.3) is 10.2 Å². The van der Waals surface area contributed by atoms with Crippen molar-refractivity contribution in [2.24, 2.45) is 0 Å². The molecule has 10 heteroatoms. The molecule has 2 aromatic carbocycles. The average Bonchev–Trinajstić information content (AvgIpc) is 3.11. The molecule has 0 saturated carbocycles. The average molecular weight is 407 g/mol. The van der Waals surface area contributed by atoms with Crippen molar-refractivity contribution in [2.45, 2.75) is 6.54 Å². The van der Waals surface area contributed by atoms with E-state index in [1.54, 1.807) is 0 Å². The van der Waals surface area contributed by atoms with Gasteiger partial charge < -0.3 is 0 Å². The first-order chi connectivity index (χ1) is 14.0. The maximum Gasteiger partial charge on any atom is 0.277 e. The number of nitro benzene ring substituents is 1. The lowest BCUT2D eigenvalue weighted by atomic mass is 10.2. The zero-order valence-corrected chi connectivity index (χ0v) is 15.6.